The molecule has 5 N–H and O–H groups in total. The van der Waals surface area contributed by atoms with Crippen LogP contribution < -0.4 is 16.2 Å². The molecule has 0 amide bonds. The summed E-state index contributed by atoms with van der Waals surface area (Å²) in [7, 11) is -3.28. The van der Waals surface area contributed by atoms with Crippen molar-refractivity contribution >= 4 is 27.4 Å². The van der Waals surface area contributed by atoms with Crippen LogP contribution in [0.4, 0.5) is 11.4 Å². The molecule has 0 spiro atoms. The van der Waals surface area contributed by atoms with Crippen molar-refractivity contribution in [2.45, 2.75) is 0 Å². The van der Waals surface area contributed by atoms with Crippen LogP contribution in [0.15, 0.2) is 29.3 Å². The molecule has 1 rings (SSSR count). The standard InChI is InChI=1S/C8H12N4O2S/c1-15(13,14)12-7-4-2-3-6(5-7)11-8(9)10/h2-5,12H,1H3,(H4,9,10,11). The highest BCUT2D eigenvalue weighted by atomic mass is 32.2. The van der Waals surface area contributed by atoms with E-state index in [1.165, 1.54) is 6.07 Å². The van der Waals surface area contributed by atoms with E-state index in [1.807, 2.05) is 0 Å². The van der Waals surface area contributed by atoms with Crippen LogP contribution in [0.2, 0.25) is 0 Å². The van der Waals surface area contributed by atoms with Gasteiger partial charge in [0.1, 0.15) is 0 Å². The second-order valence-corrected chi connectivity index (χ2v) is 4.71. The van der Waals surface area contributed by atoms with E-state index in [9.17, 15) is 8.42 Å². The van der Waals surface area contributed by atoms with Gasteiger partial charge in [0.05, 0.1) is 17.6 Å². The van der Waals surface area contributed by atoms with Crippen molar-refractivity contribution in [2.24, 2.45) is 16.5 Å². The summed E-state index contributed by atoms with van der Waals surface area (Å²) in [5, 5.41) is 0. The summed E-state index contributed by atoms with van der Waals surface area (Å²) >= 11 is 0. The largest absolute Gasteiger partial charge is 0.370 e. The molecule has 0 heterocycles. The Balaban J connectivity index is 2.98. The lowest BCUT2D eigenvalue weighted by molar-refractivity contribution is 0.607. The molecule has 7 heteroatoms. The number of nitrogens with zero attached hydrogens (tertiary/aromatic N) is 1. The first kappa shape index (κ1) is 11.3. The summed E-state index contributed by atoms with van der Waals surface area (Å²) < 4.78 is 24.2. The van der Waals surface area contributed by atoms with E-state index in [4.69, 9.17) is 11.5 Å². The molecule has 0 saturated heterocycles. The second-order valence-electron chi connectivity index (χ2n) is 2.96. The van der Waals surface area contributed by atoms with Gasteiger partial charge in [0, 0.05) is 0 Å². The number of aliphatic imine (C=N–C) groups is 1. The second kappa shape index (κ2) is 4.18. The molecule has 0 fully saturated rings. The van der Waals surface area contributed by atoms with Crippen LogP contribution in [-0.2, 0) is 10.0 Å². The van der Waals surface area contributed by atoms with E-state index >= 15 is 0 Å². The van der Waals surface area contributed by atoms with Crippen LogP contribution >= 0.6 is 0 Å². The SMILES string of the molecule is CS(=O)(=O)Nc1cccc(N=C(N)N)c1. The first-order chi connectivity index (χ1) is 6.87. The molecule has 15 heavy (non-hydrogen) atoms. The van der Waals surface area contributed by atoms with Crippen molar-refractivity contribution < 1.29 is 8.42 Å². The van der Waals surface area contributed by atoms with E-state index in [2.05, 4.69) is 9.71 Å². The Bertz CT molecular complexity index is 477. The van der Waals surface area contributed by atoms with Gasteiger partial charge in [0.25, 0.3) is 0 Å². The normalized spacial score (nSPS) is 10.7. The first-order valence-electron chi connectivity index (χ1n) is 4.04. The molecule has 0 aliphatic carbocycles. The molecule has 0 aromatic heterocycles. The minimum atomic E-state index is -3.28. The maximum Gasteiger partial charge on any atom is 0.229 e. The minimum absolute atomic E-state index is 0.0773. The van der Waals surface area contributed by atoms with E-state index in [0.29, 0.717) is 11.4 Å². The Hall–Kier alpha value is -1.76. The number of hydrogen-bond donors (Lipinski definition) is 3. The van der Waals surface area contributed by atoms with Crippen LogP contribution in [0.5, 0.6) is 0 Å². The average molecular weight is 228 g/mol. The Kier molecular flexibility index (Phi) is 3.15. The van der Waals surface area contributed by atoms with Gasteiger partial charge in [0.15, 0.2) is 5.96 Å². The van der Waals surface area contributed by atoms with Crippen molar-refractivity contribution in [3.8, 4) is 0 Å². The molecule has 82 valence electrons. The summed E-state index contributed by atoms with van der Waals surface area (Å²) in [4.78, 5) is 3.79. The monoisotopic (exact) mass is 228 g/mol. The molecule has 1 aromatic carbocycles. The fraction of sp³-hybridized carbons (Fsp3) is 0.125. The zero-order chi connectivity index (χ0) is 11.5. The zero-order valence-corrected chi connectivity index (χ0v) is 8.95. The van der Waals surface area contributed by atoms with Crippen molar-refractivity contribution in [2.75, 3.05) is 11.0 Å². The molecule has 0 aliphatic rings. The van der Waals surface area contributed by atoms with Crippen LogP contribution in [0.3, 0.4) is 0 Å². The predicted octanol–water partition coefficient (Wildman–Crippen LogP) is -0.0370. The summed E-state index contributed by atoms with van der Waals surface area (Å²) in [6.45, 7) is 0. The number of benzene rings is 1. The van der Waals surface area contributed by atoms with Gasteiger partial charge in [-0.25, -0.2) is 13.4 Å². The first-order valence-corrected chi connectivity index (χ1v) is 5.93. The molecule has 0 atom stereocenters. The van der Waals surface area contributed by atoms with Crippen LogP contribution in [0, 0.1) is 0 Å². The molecule has 6 nitrogen and oxygen atoms in total. The highest BCUT2D eigenvalue weighted by Crippen LogP contribution is 2.18. The number of anilines is 1. The van der Waals surface area contributed by atoms with Gasteiger partial charge < -0.3 is 11.5 Å². The van der Waals surface area contributed by atoms with Gasteiger partial charge in [-0.2, -0.15) is 0 Å². The van der Waals surface area contributed by atoms with Gasteiger partial charge >= 0.3 is 0 Å². The van der Waals surface area contributed by atoms with Gasteiger partial charge in [-0.3, -0.25) is 4.72 Å². The van der Waals surface area contributed by atoms with Crippen LogP contribution in [0.1, 0.15) is 0 Å². The average Bonchev–Trinajstić information content (AvgIpc) is 1.99. The third-order valence-electron chi connectivity index (χ3n) is 1.41. The number of nitrogens with one attached hydrogen (secondary N) is 1. The number of nitrogens with two attached hydrogens (primary N) is 2. The third-order valence-corrected chi connectivity index (χ3v) is 2.01. The smallest absolute Gasteiger partial charge is 0.229 e. The molecule has 1 aromatic rings. The van der Waals surface area contributed by atoms with E-state index in [0.717, 1.165) is 6.26 Å². The summed E-state index contributed by atoms with van der Waals surface area (Å²) in [5.74, 6) is -0.0773. The maximum absolute atomic E-state index is 10.9. The highest BCUT2D eigenvalue weighted by Gasteiger charge is 2.01. The molecule has 0 bridgehead atoms. The van der Waals surface area contributed by atoms with Crippen molar-refractivity contribution in [3.63, 3.8) is 0 Å². The molecule has 0 unspecified atom stereocenters. The molecule has 0 aliphatic heterocycles. The van der Waals surface area contributed by atoms with Gasteiger partial charge in [-0.1, -0.05) is 6.07 Å². The van der Waals surface area contributed by atoms with Gasteiger partial charge in [-0.05, 0) is 18.2 Å². The minimum Gasteiger partial charge on any atom is -0.370 e. The fourth-order valence-electron chi connectivity index (χ4n) is 1.00. The summed E-state index contributed by atoms with van der Waals surface area (Å²) in [6, 6.07) is 6.44. The topological polar surface area (TPSA) is 111 Å². The number of hydrogen-bond acceptors (Lipinski definition) is 3. The van der Waals surface area contributed by atoms with Crippen LogP contribution in [0.25, 0.3) is 0 Å². The lowest BCUT2D eigenvalue weighted by Crippen LogP contribution is -2.21. The number of guanidine groups is 1. The van der Waals surface area contributed by atoms with Crippen molar-refractivity contribution in [1.82, 2.24) is 0 Å². The Morgan fingerprint density at radius 3 is 2.60 bits per heavy atom. The van der Waals surface area contributed by atoms with Crippen LogP contribution in [-0.4, -0.2) is 20.6 Å². The Morgan fingerprint density at radius 2 is 2.07 bits per heavy atom. The molecular weight excluding hydrogens is 216 g/mol. The van der Waals surface area contributed by atoms with E-state index < -0.39 is 10.0 Å². The predicted molar refractivity (Wildman–Crippen MR) is 60.4 cm³/mol. The third kappa shape index (κ3) is 4.32. The van der Waals surface area contributed by atoms with E-state index in [-0.39, 0.29) is 5.96 Å². The van der Waals surface area contributed by atoms with Gasteiger partial charge in [0.2, 0.25) is 10.0 Å². The fourth-order valence-corrected chi connectivity index (χ4v) is 1.56. The lowest BCUT2D eigenvalue weighted by atomic mass is 10.3. The Morgan fingerprint density at radius 1 is 1.40 bits per heavy atom. The highest BCUT2D eigenvalue weighted by molar-refractivity contribution is 7.92. The Labute approximate surface area is 88.0 Å². The maximum atomic E-state index is 10.9. The number of rotatable bonds is 3. The summed E-state index contributed by atoms with van der Waals surface area (Å²) in [6.07, 6.45) is 1.07. The van der Waals surface area contributed by atoms with Crippen molar-refractivity contribution in [3.05, 3.63) is 24.3 Å². The quantitative estimate of drug-likeness (QED) is 0.498. The molecule has 0 saturated carbocycles. The molecule has 0 radical (unpaired) electrons. The van der Waals surface area contributed by atoms with Gasteiger partial charge in [-0.15, -0.1) is 0 Å². The molecular formula is C8H12N4O2S. The number of sulfonamides is 1. The lowest BCUT2D eigenvalue weighted by Gasteiger charge is -2.03. The van der Waals surface area contributed by atoms with Crippen molar-refractivity contribution in [1.29, 1.82) is 0 Å². The summed E-state index contributed by atoms with van der Waals surface area (Å²) in [5.41, 5.74) is 11.3. The van der Waals surface area contributed by atoms with E-state index in [1.54, 1.807) is 18.2 Å². The zero-order valence-electron chi connectivity index (χ0n) is 8.14.